The molecule has 0 radical (unpaired) electrons. The lowest BCUT2D eigenvalue weighted by atomic mass is 9.98. The van der Waals surface area contributed by atoms with E-state index in [4.69, 9.17) is 0 Å². The lowest BCUT2D eigenvalue weighted by molar-refractivity contribution is 0.471. The van der Waals surface area contributed by atoms with Crippen LogP contribution in [0.5, 0.6) is 0 Å². The summed E-state index contributed by atoms with van der Waals surface area (Å²) in [6.45, 7) is 8.69. The Bertz CT molecular complexity index is 394. The van der Waals surface area contributed by atoms with Crippen LogP contribution >= 0.6 is 0 Å². The Hall–Kier alpha value is -0.220. The molecule has 2 nitrogen and oxygen atoms in total. The first-order valence-corrected chi connectivity index (χ1v) is 10.4. The van der Waals surface area contributed by atoms with E-state index in [1.165, 1.54) is 44.9 Å². The second-order valence-corrected chi connectivity index (χ2v) is 7.70. The SMILES string of the molecule is CCC(C)CCCCCCCCC(=S=O)C(=S=O)C(C)CC. The second-order valence-electron chi connectivity index (χ2n) is 6.44. The zero-order valence-electron chi connectivity index (χ0n) is 14.9. The standard InChI is InChI=1S/C18H34O2S2/c1-5-15(3)13-11-9-7-8-10-12-14-17(21-19)18(22-20)16(4)6-2/h15-16H,5-14H2,1-4H3. The van der Waals surface area contributed by atoms with E-state index in [9.17, 15) is 8.42 Å². The first-order chi connectivity index (χ1) is 10.6. The highest BCUT2D eigenvalue weighted by Crippen LogP contribution is 2.15. The van der Waals surface area contributed by atoms with Gasteiger partial charge in [0, 0.05) is 0 Å². The van der Waals surface area contributed by atoms with Crippen LogP contribution in [-0.2, 0) is 22.5 Å². The van der Waals surface area contributed by atoms with E-state index >= 15 is 0 Å². The van der Waals surface area contributed by atoms with Gasteiger partial charge in [-0.2, -0.15) is 0 Å². The van der Waals surface area contributed by atoms with Crippen molar-refractivity contribution >= 4 is 32.2 Å². The zero-order chi connectivity index (χ0) is 16.8. The summed E-state index contributed by atoms with van der Waals surface area (Å²) in [7, 11) is 0. The Balaban J connectivity index is 3.86. The van der Waals surface area contributed by atoms with Crippen LogP contribution in [0.1, 0.15) is 91.9 Å². The molecule has 0 spiro atoms. The van der Waals surface area contributed by atoms with Crippen LogP contribution in [0.4, 0.5) is 0 Å². The smallest absolute Gasteiger partial charge is 0.0935 e. The molecule has 0 amide bonds. The predicted octanol–water partition coefficient (Wildman–Crippen LogP) is 4.97. The molecule has 0 bridgehead atoms. The molecule has 0 aliphatic carbocycles. The molecule has 4 heteroatoms. The molecule has 0 saturated heterocycles. The molecule has 130 valence electrons. The van der Waals surface area contributed by atoms with Gasteiger partial charge >= 0.3 is 0 Å². The fourth-order valence-electron chi connectivity index (χ4n) is 2.48. The predicted molar refractivity (Wildman–Crippen MR) is 102 cm³/mol. The number of hydrogen-bond donors (Lipinski definition) is 0. The first-order valence-electron chi connectivity index (χ1n) is 8.93. The quantitative estimate of drug-likeness (QED) is 0.348. The van der Waals surface area contributed by atoms with E-state index < -0.39 is 0 Å². The molecule has 2 atom stereocenters. The first kappa shape index (κ1) is 21.8. The fourth-order valence-corrected chi connectivity index (χ4v) is 3.73. The highest BCUT2D eigenvalue weighted by Gasteiger charge is 2.14. The normalized spacial score (nSPS) is 13.5. The maximum Gasteiger partial charge on any atom is 0.0935 e. The van der Waals surface area contributed by atoms with Crippen LogP contribution in [0.25, 0.3) is 0 Å². The molecule has 0 aromatic heterocycles. The summed E-state index contributed by atoms with van der Waals surface area (Å²) in [6, 6.07) is 0. The topological polar surface area (TPSA) is 34.1 Å². The fraction of sp³-hybridized carbons (Fsp3) is 0.889. The molecule has 2 unspecified atom stereocenters. The van der Waals surface area contributed by atoms with Crippen molar-refractivity contribution in [3.8, 4) is 0 Å². The average Bonchev–Trinajstić information content (AvgIpc) is 2.55. The van der Waals surface area contributed by atoms with Crippen molar-refractivity contribution in [3.63, 3.8) is 0 Å². The van der Waals surface area contributed by atoms with Crippen molar-refractivity contribution in [2.24, 2.45) is 11.8 Å². The molecule has 22 heavy (non-hydrogen) atoms. The summed E-state index contributed by atoms with van der Waals surface area (Å²) < 4.78 is 22.5. The van der Waals surface area contributed by atoms with Gasteiger partial charge in [0.2, 0.25) is 0 Å². The molecule has 0 heterocycles. The molecule has 0 aliphatic heterocycles. The highest BCUT2D eigenvalue weighted by molar-refractivity contribution is 7.76. The van der Waals surface area contributed by atoms with Crippen LogP contribution < -0.4 is 0 Å². The number of hydrogen-bond acceptors (Lipinski definition) is 2. The van der Waals surface area contributed by atoms with Crippen LogP contribution in [0.2, 0.25) is 0 Å². The summed E-state index contributed by atoms with van der Waals surface area (Å²) in [5.74, 6) is 1.09. The van der Waals surface area contributed by atoms with Crippen LogP contribution in [0.15, 0.2) is 0 Å². The summed E-state index contributed by atoms with van der Waals surface area (Å²) in [5, 5.41) is 0. The molecule has 0 saturated carbocycles. The largest absolute Gasteiger partial charge is 0.212 e. The van der Waals surface area contributed by atoms with Crippen molar-refractivity contribution in [2.75, 3.05) is 0 Å². The summed E-state index contributed by atoms with van der Waals surface area (Å²) >= 11 is 1.06. The van der Waals surface area contributed by atoms with Crippen molar-refractivity contribution in [1.29, 1.82) is 0 Å². The number of rotatable bonds is 13. The molecule has 0 aromatic carbocycles. The minimum atomic E-state index is 0.222. The third-order valence-corrected chi connectivity index (χ3v) is 6.16. The Morgan fingerprint density at radius 3 is 1.91 bits per heavy atom. The number of unbranched alkanes of at least 4 members (excludes halogenated alkanes) is 5. The van der Waals surface area contributed by atoms with Gasteiger partial charge in [0.15, 0.2) is 0 Å². The highest BCUT2D eigenvalue weighted by atomic mass is 32.1. The van der Waals surface area contributed by atoms with E-state index in [-0.39, 0.29) is 5.92 Å². The average molecular weight is 347 g/mol. The van der Waals surface area contributed by atoms with Gasteiger partial charge in [-0.05, 0) is 31.1 Å². The van der Waals surface area contributed by atoms with Gasteiger partial charge < -0.3 is 0 Å². The monoisotopic (exact) mass is 346 g/mol. The molecule has 0 fully saturated rings. The summed E-state index contributed by atoms with van der Waals surface area (Å²) in [5.41, 5.74) is 0. The second kappa shape index (κ2) is 14.4. The van der Waals surface area contributed by atoms with Gasteiger partial charge in [0.05, 0.1) is 32.2 Å². The van der Waals surface area contributed by atoms with Crippen molar-refractivity contribution in [2.45, 2.75) is 91.9 Å². The van der Waals surface area contributed by atoms with Crippen molar-refractivity contribution in [3.05, 3.63) is 0 Å². The molecular weight excluding hydrogens is 312 g/mol. The van der Waals surface area contributed by atoms with Crippen molar-refractivity contribution in [1.82, 2.24) is 0 Å². The lowest BCUT2D eigenvalue weighted by Crippen LogP contribution is -2.21. The Morgan fingerprint density at radius 2 is 1.41 bits per heavy atom. The van der Waals surface area contributed by atoms with E-state index in [1.54, 1.807) is 0 Å². The third-order valence-electron chi connectivity index (χ3n) is 4.57. The van der Waals surface area contributed by atoms with E-state index in [0.717, 1.165) is 34.9 Å². The lowest BCUT2D eigenvalue weighted by Gasteiger charge is -2.11. The van der Waals surface area contributed by atoms with E-state index in [1.807, 2.05) is 6.92 Å². The van der Waals surface area contributed by atoms with Crippen LogP contribution in [-0.4, -0.2) is 18.1 Å². The van der Waals surface area contributed by atoms with Gasteiger partial charge in [0.1, 0.15) is 0 Å². The van der Waals surface area contributed by atoms with Gasteiger partial charge in [-0.3, -0.25) is 0 Å². The Kier molecular flexibility index (Phi) is 14.2. The van der Waals surface area contributed by atoms with Crippen LogP contribution in [0.3, 0.4) is 0 Å². The molecule has 0 aliphatic rings. The van der Waals surface area contributed by atoms with Crippen molar-refractivity contribution < 1.29 is 8.42 Å². The summed E-state index contributed by atoms with van der Waals surface area (Å²) in [6.07, 6.45) is 11.8. The summed E-state index contributed by atoms with van der Waals surface area (Å²) in [4.78, 5) is 1.56. The Labute approximate surface area is 144 Å². The maximum atomic E-state index is 11.3. The minimum absolute atomic E-state index is 0.222. The van der Waals surface area contributed by atoms with Crippen LogP contribution in [0, 0.1) is 11.8 Å². The third kappa shape index (κ3) is 9.73. The minimum Gasteiger partial charge on any atom is -0.212 e. The molecule has 0 N–H and O–H groups in total. The van der Waals surface area contributed by atoms with E-state index in [0.29, 0.717) is 22.5 Å². The maximum absolute atomic E-state index is 11.3. The Morgan fingerprint density at radius 1 is 0.818 bits per heavy atom. The van der Waals surface area contributed by atoms with Gasteiger partial charge in [-0.1, -0.05) is 72.6 Å². The molecular formula is C18H34O2S2. The van der Waals surface area contributed by atoms with E-state index in [2.05, 4.69) is 20.8 Å². The molecule has 0 aromatic rings. The molecule has 0 rings (SSSR count). The zero-order valence-corrected chi connectivity index (χ0v) is 16.5. The van der Waals surface area contributed by atoms with Gasteiger partial charge in [-0.25, -0.2) is 8.42 Å². The van der Waals surface area contributed by atoms with Gasteiger partial charge in [-0.15, -0.1) is 0 Å². The van der Waals surface area contributed by atoms with Gasteiger partial charge in [0.25, 0.3) is 0 Å².